The number of carbonyl (C=O) groups excluding carboxylic acids is 1. The maximum atomic E-state index is 13.8. The molecule has 0 aliphatic rings. The van der Waals surface area contributed by atoms with Crippen molar-refractivity contribution in [3.63, 3.8) is 0 Å². The highest BCUT2D eigenvalue weighted by molar-refractivity contribution is 7.16. The van der Waals surface area contributed by atoms with Crippen molar-refractivity contribution in [2.24, 2.45) is 4.99 Å². The second-order valence-corrected chi connectivity index (χ2v) is 6.40. The number of hydrogen-bond acceptors (Lipinski definition) is 3. The molecule has 0 aliphatic heterocycles. The number of nitrogens with zero attached hydrogens (tertiary/aromatic N) is 2. The fourth-order valence-electron chi connectivity index (χ4n) is 2.51. The van der Waals surface area contributed by atoms with Crippen molar-refractivity contribution in [2.45, 2.75) is 13.5 Å². The van der Waals surface area contributed by atoms with Crippen LogP contribution in [0.25, 0.3) is 10.2 Å². The van der Waals surface area contributed by atoms with Crippen LogP contribution in [0.1, 0.15) is 17.3 Å². The van der Waals surface area contributed by atoms with E-state index in [1.165, 1.54) is 11.3 Å². The predicted molar refractivity (Wildman–Crippen MR) is 97.4 cm³/mol. The Morgan fingerprint density at radius 2 is 2.12 bits per heavy atom. The number of amides is 1. The number of benzene rings is 2. The number of aromatic nitrogens is 1. The van der Waals surface area contributed by atoms with Crippen LogP contribution in [0.2, 0.25) is 0 Å². The lowest BCUT2D eigenvalue weighted by Gasteiger charge is -2.04. The van der Waals surface area contributed by atoms with Crippen molar-refractivity contribution in [3.05, 3.63) is 71.1 Å². The molecule has 7 heteroatoms. The highest BCUT2D eigenvalue weighted by Gasteiger charge is 2.13. The van der Waals surface area contributed by atoms with Crippen molar-refractivity contribution in [1.82, 2.24) is 4.57 Å². The maximum absolute atomic E-state index is 13.8. The van der Waals surface area contributed by atoms with Gasteiger partial charge in [-0.3, -0.25) is 4.79 Å². The summed E-state index contributed by atoms with van der Waals surface area (Å²) in [5.41, 5.74) is 0.591. The topological polar surface area (TPSA) is 43.6 Å². The maximum Gasteiger partial charge on any atom is 0.282 e. The van der Waals surface area contributed by atoms with Gasteiger partial charge in [0.15, 0.2) is 4.80 Å². The zero-order valence-electron chi connectivity index (χ0n) is 14.0. The van der Waals surface area contributed by atoms with E-state index in [0.717, 1.165) is 28.1 Å². The van der Waals surface area contributed by atoms with Gasteiger partial charge in [0.2, 0.25) is 0 Å². The summed E-state index contributed by atoms with van der Waals surface area (Å²) in [5, 5.41) is 0. The summed E-state index contributed by atoms with van der Waals surface area (Å²) in [4.78, 5) is 16.8. The van der Waals surface area contributed by atoms with Gasteiger partial charge in [0, 0.05) is 12.6 Å². The number of allylic oxidation sites excluding steroid dienone is 1. The Kier molecular flexibility index (Phi) is 5.27. The molecular weight excluding hydrogens is 358 g/mol. The molecule has 1 amide bonds. The fraction of sp³-hybridized carbons (Fsp3) is 0.158. The Labute approximate surface area is 152 Å². The summed E-state index contributed by atoms with van der Waals surface area (Å²) in [6.45, 7) is 6.60. The van der Waals surface area contributed by atoms with Gasteiger partial charge in [-0.25, -0.2) is 8.78 Å². The molecule has 134 valence electrons. The molecule has 0 spiro atoms. The lowest BCUT2D eigenvalue weighted by atomic mass is 10.2. The first-order valence-corrected chi connectivity index (χ1v) is 8.76. The van der Waals surface area contributed by atoms with Gasteiger partial charge < -0.3 is 9.30 Å². The third-order valence-corrected chi connectivity index (χ3v) is 4.68. The van der Waals surface area contributed by atoms with Crippen LogP contribution >= 0.6 is 11.3 Å². The van der Waals surface area contributed by atoms with Gasteiger partial charge in [0.1, 0.15) is 17.4 Å². The van der Waals surface area contributed by atoms with Crippen molar-refractivity contribution < 1.29 is 18.3 Å². The first kappa shape index (κ1) is 18.0. The third-order valence-electron chi connectivity index (χ3n) is 3.64. The Hall–Kier alpha value is -2.80. The molecule has 0 atom stereocenters. The van der Waals surface area contributed by atoms with Gasteiger partial charge in [-0.15, -0.1) is 6.58 Å². The minimum atomic E-state index is -0.936. The van der Waals surface area contributed by atoms with Crippen molar-refractivity contribution in [1.29, 1.82) is 0 Å². The zero-order valence-corrected chi connectivity index (χ0v) is 14.9. The molecule has 26 heavy (non-hydrogen) atoms. The average Bonchev–Trinajstić information content (AvgIpc) is 2.92. The van der Waals surface area contributed by atoms with Crippen molar-refractivity contribution >= 4 is 27.5 Å². The molecule has 0 saturated carbocycles. The van der Waals surface area contributed by atoms with Gasteiger partial charge >= 0.3 is 0 Å². The third kappa shape index (κ3) is 3.57. The fourth-order valence-corrected chi connectivity index (χ4v) is 3.58. The number of ether oxygens (including phenoxy) is 1. The van der Waals surface area contributed by atoms with Gasteiger partial charge in [0.25, 0.3) is 5.91 Å². The molecule has 0 bridgehead atoms. The van der Waals surface area contributed by atoms with E-state index < -0.39 is 17.5 Å². The average molecular weight is 374 g/mol. The molecule has 0 radical (unpaired) electrons. The van der Waals surface area contributed by atoms with Crippen LogP contribution in [-0.4, -0.2) is 17.1 Å². The van der Waals surface area contributed by atoms with Crippen LogP contribution in [0.5, 0.6) is 5.75 Å². The molecular formula is C19H16F2N2O2S. The quantitative estimate of drug-likeness (QED) is 0.625. The zero-order chi connectivity index (χ0) is 18.7. The van der Waals surface area contributed by atoms with Crippen LogP contribution in [0.3, 0.4) is 0 Å². The molecule has 0 aliphatic carbocycles. The summed E-state index contributed by atoms with van der Waals surface area (Å²) in [6.07, 6.45) is 1.69. The summed E-state index contributed by atoms with van der Waals surface area (Å²) in [7, 11) is 0. The number of carbonyl (C=O) groups is 1. The Bertz CT molecular complexity index is 1050. The highest BCUT2D eigenvalue weighted by atomic mass is 32.1. The standard InChI is InChI=1S/C19H16F2N2O2S/c1-3-9-23-16-8-6-13(25-4-2)11-17(16)26-19(23)22-18(24)14-7-5-12(20)10-15(14)21/h3,5-8,10-11H,1,4,9H2,2H3. The van der Waals surface area contributed by atoms with Crippen molar-refractivity contribution in [2.75, 3.05) is 6.61 Å². The van der Waals surface area contributed by atoms with Crippen LogP contribution in [0, 0.1) is 11.6 Å². The molecule has 0 unspecified atom stereocenters. The molecule has 2 aromatic carbocycles. The number of halogens is 2. The largest absolute Gasteiger partial charge is 0.494 e. The number of fused-ring (bicyclic) bond motifs is 1. The Morgan fingerprint density at radius 1 is 1.31 bits per heavy atom. The van der Waals surface area contributed by atoms with Gasteiger partial charge in [0.05, 0.1) is 22.4 Å². The minimum Gasteiger partial charge on any atom is -0.494 e. The lowest BCUT2D eigenvalue weighted by molar-refractivity contribution is 0.0994. The van der Waals surface area contributed by atoms with Crippen LogP contribution in [0.15, 0.2) is 54.0 Å². The van der Waals surface area contributed by atoms with E-state index in [4.69, 9.17) is 4.74 Å². The van der Waals surface area contributed by atoms with E-state index in [0.29, 0.717) is 24.0 Å². The normalized spacial score (nSPS) is 11.7. The molecule has 0 fully saturated rings. The number of hydrogen-bond donors (Lipinski definition) is 0. The monoisotopic (exact) mass is 374 g/mol. The SMILES string of the molecule is C=CCn1c(=NC(=O)c2ccc(F)cc2F)sc2cc(OCC)ccc21. The van der Waals surface area contributed by atoms with E-state index in [-0.39, 0.29) is 5.56 Å². The van der Waals surface area contributed by atoms with Crippen molar-refractivity contribution in [3.8, 4) is 5.75 Å². The van der Waals surface area contributed by atoms with Crippen LogP contribution < -0.4 is 9.54 Å². The molecule has 0 N–H and O–H groups in total. The highest BCUT2D eigenvalue weighted by Crippen LogP contribution is 2.23. The Morgan fingerprint density at radius 3 is 2.81 bits per heavy atom. The van der Waals surface area contributed by atoms with E-state index in [9.17, 15) is 13.6 Å². The molecule has 1 heterocycles. The first-order valence-electron chi connectivity index (χ1n) is 7.94. The molecule has 3 aromatic rings. The summed E-state index contributed by atoms with van der Waals surface area (Å²) in [6, 6.07) is 8.37. The van der Waals surface area contributed by atoms with Crippen LogP contribution in [-0.2, 0) is 6.54 Å². The summed E-state index contributed by atoms with van der Waals surface area (Å²) < 4.78 is 35.1. The van der Waals surface area contributed by atoms with E-state index in [2.05, 4.69) is 11.6 Å². The second-order valence-electron chi connectivity index (χ2n) is 5.39. The molecule has 0 saturated heterocycles. The predicted octanol–water partition coefficient (Wildman–Crippen LogP) is 4.31. The van der Waals surface area contributed by atoms with Gasteiger partial charge in [-0.05, 0) is 37.3 Å². The molecule has 4 nitrogen and oxygen atoms in total. The minimum absolute atomic E-state index is 0.274. The van der Waals surface area contributed by atoms with Crippen LogP contribution in [0.4, 0.5) is 8.78 Å². The van der Waals surface area contributed by atoms with Gasteiger partial charge in [-0.1, -0.05) is 17.4 Å². The molecule has 3 rings (SSSR count). The van der Waals surface area contributed by atoms with E-state index >= 15 is 0 Å². The van der Waals surface area contributed by atoms with Gasteiger partial charge in [-0.2, -0.15) is 4.99 Å². The van der Waals surface area contributed by atoms with E-state index in [1.807, 2.05) is 29.7 Å². The summed E-state index contributed by atoms with van der Waals surface area (Å²) in [5.74, 6) is -1.73. The first-order chi connectivity index (χ1) is 12.5. The number of thiazole rings is 1. The second kappa shape index (κ2) is 7.61. The van der Waals surface area contributed by atoms with E-state index in [1.54, 1.807) is 6.08 Å². The Balaban J connectivity index is 2.12. The smallest absolute Gasteiger partial charge is 0.282 e. The lowest BCUT2D eigenvalue weighted by Crippen LogP contribution is -2.16. The summed E-state index contributed by atoms with van der Waals surface area (Å²) >= 11 is 1.29. The molecule has 1 aromatic heterocycles. The number of rotatable bonds is 5.